The van der Waals surface area contributed by atoms with Crippen molar-refractivity contribution in [1.29, 1.82) is 0 Å². The average Bonchev–Trinajstić information content (AvgIpc) is 2.77. The topological polar surface area (TPSA) is 123 Å². The minimum Gasteiger partial charge on any atom is -0.507 e. The van der Waals surface area contributed by atoms with Crippen molar-refractivity contribution in [2.75, 3.05) is 0 Å². The Morgan fingerprint density at radius 3 is 1.77 bits per heavy atom. The maximum Gasteiger partial charge on any atom is 0.275 e. The molecule has 0 aliphatic rings. The molecule has 0 bridgehead atoms. The normalized spacial score (nSPS) is 11.3. The van der Waals surface area contributed by atoms with Crippen LogP contribution in [0.4, 0.5) is 0 Å². The van der Waals surface area contributed by atoms with Gasteiger partial charge in [-0.05, 0) is 24.3 Å². The second-order valence-corrected chi connectivity index (χ2v) is 6.04. The van der Waals surface area contributed by atoms with E-state index in [-0.39, 0.29) is 28.3 Å². The largest absolute Gasteiger partial charge is 0.507 e. The van der Waals surface area contributed by atoms with Crippen molar-refractivity contribution in [3.05, 3.63) is 95.6 Å². The molecule has 4 N–H and O–H groups in total. The Hall–Kier alpha value is -4.46. The summed E-state index contributed by atoms with van der Waals surface area (Å²) in [6.45, 7) is 0. The first-order valence-corrected chi connectivity index (χ1v) is 8.89. The van der Waals surface area contributed by atoms with Gasteiger partial charge in [0, 0.05) is 5.56 Å². The van der Waals surface area contributed by atoms with Crippen LogP contribution >= 0.6 is 0 Å². The fourth-order valence-electron chi connectivity index (χ4n) is 2.49. The maximum absolute atomic E-state index is 12.3. The predicted octanol–water partition coefficient (Wildman–Crippen LogP) is 2.65. The van der Waals surface area contributed by atoms with Gasteiger partial charge in [-0.3, -0.25) is 9.59 Å². The first-order chi connectivity index (χ1) is 14.6. The Morgan fingerprint density at radius 2 is 1.20 bits per heavy atom. The fraction of sp³-hybridized carbons (Fsp3) is 0. The lowest BCUT2D eigenvalue weighted by Crippen LogP contribution is -2.22. The highest BCUT2D eigenvalue weighted by Crippen LogP contribution is 2.16. The standard InChI is InChI=1S/C22H18N4O4/c27-19-12-6-4-10-16(19)21(29)25-23-14-18(15-8-2-1-3-9-15)24-26-22(30)17-11-5-7-13-20(17)28/h1-14,27-28H,(H,25,29)(H,26,30)/b23-14-,24-18+. The quantitative estimate of drug-likeness (QED) is 0.374. The Labute approximate surface area is 172 Å². The van der Waals surface area contributed by atoms with E-state index >= 15 is 0 Å². The van der Waals surface area contributed by atoms with Crippen molar-refractivity contribution in [3.63, 3.8) is 0 Å². The highest BCUT2D eigenvalue weighted by atomic mass is 16.3. The Morgan fingerprint density at radius 1 is 0.700 bits per heavy atom. The molecule has 0 radical (unpaired) electrons. The number of hydrogen-bond acceptors (Lipinski definition) is 6. The van der Waals surface area contributed by atoms with Crippen LogP contribution in [0.25, 0.3) is 0 Å². The number of hydrazone groups is 2. The molecule has 0 fully saturated rings. The van der Waals surface area contributed by atoms with Crippen molar-refractivity contribution in [2.24, 2.45) is 10.2 Å². The van der Waals surface area contributed by atoms with E-state index < -0.39 is 11.8 Å². The van der Waals surface area contributed by atoms with E-state index in [2.05, 4.69) is 21.1 Å². The van der Waals surface area contributed by atoms with Crippen molar-refractivity contribution in [3.8, 4) is 11.5 Å². The third-order valence-electron chi connectivity index (χ3n) is 4.00. The SMILES string of the molecule is O=C(N/N=C\C(=N/NC(=O)c1ccccc1O)c1ccccc1)c1ccccc1O. The number of rotatable bonds is 6. The van der Waals surface area contributed by atoms with E-state index in [1.807, 2.05) is 6.07 Å². The molecule has 150 valence electrons. The summed E-state index contributed by atoms with van der Waals surface area (Å²) < 4.78 is 0. The third kappa shape index (κ3) is 5.08. The summed E-state index contributed by atoms with van der Waals surface area (Å²) in [6.07, 6.45) is 1.26. The number of benzene rings is 3. The van der Waals surface area contributed by atoms with Crippen LogP contribution in [0.3, 0.4) is 0 Å². The summed E-state index contributed by atoms with van der Waals surface area (Å²) in [5.41, 5.74) is 5.70. The van der Waals surface area contributed by atoms with E-state index in [0.717, 1.165) is 0 Å². The number of hydrogen-bond donors (Lipinski definition) is 4. The molecule has 0 atom stereocenters. The Balaban J connectivity index is 1.78. The molecule has 0 heterocycles. The fourth-order valence-corrected chi connectivity index (χ4v) is 2.49. The second-order valence-electron chi connectivity index (χ2n) is 6.04. The number of aromatic hydroxyl groups is 2. The van der Waals surface area contributed by atoms with E-state index in [4.69, 9.17) is 0 Å². The molecule has 3 rings (SSSR count). The van der Waals surface area contributed by atoms with Crippen LogP contribution in [0.2, 0.25) is 0 Å². The molecular weight excluding hydrogens is 384 g/mol. The lowest BCUT2D eigenvalue weighted by Gasteiger charge is -2.05. The molecule has 2 amide bonds. The lowest BCUT2D eigenvalue weighted by atomic mass is 10.1. The summed E-state index contributed by atoms with van der Waals surface area (Å²) in [4.78, 5) is 24.4. The van der Waals surface area contributed by atoms with Crippen LogP contribution in [0.1, 0.15) is 26.3 Å². The molecule has 0 aliphatic carbocycles. The summed E-state index contributed by atoms with van der Waals surface area (Å²) in [5, 5.41) is 27.5. The van der Waals surface area contributed by atoms with Crippen LogP contribution in [0.15, 0.2) is 89.1 Å². The number of phenolic OH excluding ortho intramolecular Hbond substituents is 2. The molecule has 0 saturated heterocycles. The second kappa shape index (κ2) is 9.65. The smallest absolute Gasteiger partial charge is 0.275 e. The highest BCUT2D eigenvalue weighted by Gasteiger charge is 2.11. The van der Waals surface area contributed by atoms with Gasteiger partial charge < -0.3 is 10.2 Å². The maximum atomic E-state index is 12.3. The van der Waals surface area contributed by atoms with E-state index in [9.17, 15) is 19.8 Å². The lowest BCUT2D eigenvalue weighted by molar-refractivity contribution is 0.0943. The number of carbonyl (C=O) groups is 2. The molecule has 8 nitrogen and oxygen atoms in total. The molecular formula is C22H18N4O4. The minimum atomic E-state index is -0.604. The van der Waals surface area contributed by atoms with Crippen molar-refractivity contribution in [1.82, 2.24) is 10.9 Å². The summed E-state index contributed by atoms with van der Waals surface area (Å²) in [7, 11) is 0. The number of nitrogens with one attached hydrogen (secondary N) is 2. The Kier molecular flexibility index (Phi) is 6.52. The van der Waals surface area contributed by atoms with Crippen LogP contribution in [-0.2, 0) is 0 Å². The van der Waals surface area contributed by atoms with Crippen LogP contribution in [0, 0.1) is 0 Å². The molecule has 3 aromatic carbocycles. The van der Waals surface area contributed by atoms with Crippen LogP contribution in [-0.4, -0.2) is 34.0 Å². The third-order valence-corrected chi connectivity index (χ3v) is 4.00. The van der Waals surface area contributed by atoms with Gasteiger partial charge in [-0.1, -0.05) is 54.6 Å². The van der Waals surface area contributed by atoms with Gasteiger partial charge in [0.2, 0.25) is 0 Å². The van der Waals surface area contributed by atoms with Gasteiger partial charge in [-0.15, -0.1) is 0 Å². The van der Waals surface area contributed by atoms with Gasteiger partial charge in [0.25, 0.3) is 11.8 Å². The van der Waals surface area contributed by atoms with Gasteiger partial charge >= 0.3 is 0 Å². The number of amides is 2. The first-order valence-electron chi connectivity index (χ1n) is 8.89. The predicted molar refractivity (Wildman–Crippen MR) is 113 cm³/mol. The zero-order valence-electron chi connectivity index (χ0n) is 15.7. The van der Waals surface area contributed by atoms with Crippen molar-refractivity contribution >= 4 is 23.7 Å². The van der Waals surface area contributed by atoms with E-state index in [1.54, 1.807) is 48.5 Å². The zero-order chi connectivity index (χ0) is 21.3. The molecule has 0 aliphatic heterocycles. The van der Waals surface area contributed by atoms with Gasteiger partial charge in [-0.25, -0.2) is 10.9 Å². The molecule has 8 heteroatoms. The Bertz CT molecular complexity index is 1110. The number of phenols is 2. The molecule has 30 heavy (non-hydrogen) atoms. The van der Waals surface area contributed by atoms with Gasteiger partial charge in [0.1, 0.15) is 17.2 Å². The van der Waals surface area contributed by atoms with Gasteiger partial charge in [0.15, 0.2) is 0 Å². The first kappa shape index (κ1) is 20.3. The number of nitrogens with zero attached hydrogens (tertiary/aromatic N) is 2. The minimum absolute atomic E-state index is 0.0680. The summed E-state index contributed by atoms with van der Waals surface area (Å²) in [6, 6.07) is 21.0. The molecule has 0 aromatic heterocycles. The molecule has 3 aromatic rings. The molecule has 0 unspecified atom stereocenters. The van der Waals surface area contributed by atoms with Crippen molar-refractivity contribution in [2.45, 2.75) is 0 Å². The van der Waals surface area contributed by atoms with Crippen molar-refractivity contribution < 1.29 is 19.8 Å². The monoisotopic (exact) mass is 402 g/mol. The van der Waals surface area contributed by atoms with Gasteiger partial charge in [0.05, 0.1) is 17.3 Å². The van der Waals surface area contributed by atoms with Crippen LogP contribution in [0.5, 0.6) is 11.5 Å². The van der Waals surface area contributed by atoms with E-state index in [1.165, 1.54) is 30.5 Å². The summed E-state index contributed by atoms with van der Waals surface area (Å²) in [5.74, 6) is -1.55. The van der Waals surface area contributed by atoms with E-state index in [0.29, 0.717) is 5.56 Å². The average molecular weight is 402 g/mol. The van der Waals surface area contributed by atoms with Crippen LogP contribution < -0.4 is 10.9 Å². The highest BCUT2D eigenvalue weighted by molar-refractivity contribution is 6.38. The zero-order valence-corrected chi connectivity index (χ0v) is 15.7. The number of para-hydroxylation sites is 2. The number of carbonyl (C=O) groups excluding carboxylic acids is 2. The molecule has 0 spiro atoms. The van der Waals surface area contributed by atoms with Gasteiger partial charge in [-0.2, -0.15) is 10.2 Å². The summed E-state index contributed by atoms with van der Waals surface area (Å²) >= 11 is 0. The molecule has 0 saturated carbocycles.